The number of amides is 1. The minimum atomic E-state index is -0.138. The van der Waals surface area contributed by atoms with E-state index in [1.807, 2.05) is 45.3 Å². The van der Waals surface area contributed by atoms with Crippen LogP contribution in [0.15, 0.2) is 59.4 Å². The molecule has 2 aromatic carbocycles. The Morgan fingerprint density at radius 1 is 1.06 bits per heavy atom. The van der Waals surface area contributed by atoms with Crippen LogP contribution in [0.3, 0.4) is 0 Å². The molecule has 1 amide bonds. The fourth-order valence-corrected chi connectivity index (χ4v) is 3.45. The van der Waals surface area contributed by atoms with E-state index >= 15 is 0 Å². The second-order valence-electron chi connectivity index (χ2n) is 9.07. The molecule has 32 heavy (non-hydrogen) atoms. The molecule has 0 aliphatic heterocycles. The molecule has 4 rings (SSSR count). The largest absolute Gasteiger partial charge is 0.352 e. The molecule has 2 heterocycles. The monoisotopic (exact) mass is 431 g/mol. The van der Waals surface area contributed by atoms with Gasteiger partial charge in [0.15, 0.2) is 5.82 Å². The van der Waals surface area contributed by atoms with Gasteiger partial charge in [-0.2, -0.15) is 4.98 Å². The maximum Gasteiger partial charge on any atom is 0.226 e. The Labute approximate surface area is 187 Å². The first kappa shape index (κ1) is 21.7. The fraction of sp³-hybridized carbons (Fsp3) is 0.360. The van der Waals surface area contributed by atoms with Gasteiger partial charge in [-0.3, -0.25) is 4.79 Å². The Kier molecular flexibility index (Phi) is 6.35. The second-order valence-corrected chi connectivity index (χ2v) is 9.07. The van der Waals surface area contributed by atoms with Gasteiger partial charge in [-0.15, -0.1) is 0 Å². The Hall–Kier alpha value is -3.48. The summed E-state index contributed by atoms with van der Waals surface area (Å²) in [6.45, 7) is 7.41. The molecule has 1 N–H and O–H groups in total. The number of fused-ring (bicyclic) bond motifs is 1. The molecule has 0 bridgehead atoms. The van der Waals surface area contributed by atoms with Gasteiger partial charge in [0.2, 0.25) is 11.8 Å². The topological polar surface area (TPSA) is 85.8 Å². The minimum absolute atomic E-state index is 0.0227. The lowest BCUT2D eigenvalue weighted by atomic mass is 9.96. The van der Waals surface area contributed by atoms with Crippen LogP contribution in [0.2, 0.25) is 0 Å². The summed E-state index contributed by atoms with van der Waals surface area (Å²) in [6.07, 6.45) is 3.58. The molecule has 166 valence electrons. The fourth-order valence-electron chi connectivity index (χ4n) is 3.45. The summed E-state index contributed by atoms with van der Waals surface area (Å²) >= 11 is 0. The molecule has 0 aliphatic carbocycles. The standard InChI is InChI=1S/C25H29N5O2/c1-25(2,3)24-28-23(32-29-24)10-6-9-22(31)26-15-18-11-13-19(14-12-18)16-30-17-27-20-7-4-5-8-21(20)30/h4-5,7-8,11-14,17H,6,9-10,15-16H2,1-3H3,(H,26,31). The van der Waals surface area contributed by atoms with Gasteiger partial charge < -0.3 is 14.4 Å². The highest BCUT2D eigenvalue weighted by molar-refractivity contribution is 5.76. The van der Waals surface area contributed by atoms with Gasteiger partial charge >= 0.3 is 0 Å². The maximum absolute atomic E-state index is 12.2. The average Bonchev–Trinajstić information content (AvgIpc) is 3.41. The van der Waals surface area contributed by atoms with Gasteiger partial charge in [0.05, 0.1) is 17.4 Å². The van der Waals surface area contributed by atoms with Gasteiger partial charge in [-0.1, -0.05) is 62.3 Å². The van der Waals surface area contributed by atoms with Gasteiger partial charge in [0, 0.05) is 31.3 Å². The van der Waals surface area contributed by atoms with Crippen LogP contribution < -0.4 is 5.32 Å². The molecule has 0 radical (unpaired) electrons. The van der Waals surface area contributed by atoms with E-state index in [-0.39, 0.29) is 11.3 Å². The van der Waals surface area contributed by atoms with Crippen LogP contribution in [0, 0.1) is 0 Å². The van der Waals surface area contributed by atoms with Crippen LogP contribution in [0.4, 0.5) is 0 Å². The van der Waals surface area contributed by atoms with Crippen molar-refractivity contribution in [3.63, 3.8) is 0 Å². The molecular weight excluding hydrogens is 402 g/mol. The third kappa shape index (κ3) is 5.41. The zero-order valence-corrected chi connectivity index (χ0v) is 18.8. The predicted octanol–water partition coefficient (Wildman–Crippen LogP) is 4.40. The van der Waals surface area contributed by atoms with E-state index in [9.17, 15) is 4.79 Å². The smallest absolute Gasteiger partial charge is 0.226 e. The molecule has 2 aromatic heterocycles. The van der Waals surface area contributed by atoms with Crippen LogP contribution in [-0.2, 0) is 29.7 Å². The number of carbonyl (C=O) groups excluding carboxylic acids is 1. The molecule has 0 saturated heterocycles. The number of carbonyl (C=O) groups is 1. The number of aromatic nitrogens is 4. The Bertz CT molecular complexity index is 1180. The highest BCUT2D eigenvalue weighted by atomic mass is 16.5. The molecular formula is C25H29N5O2. The van der Waals surface area contributed by atoms with E-state index in [1.54, 1.807) is 0 Å². The minimum Gasteiger partial charge on any atom is -0.352 e. The molecule has 0 spiro atoms. The lowest BCUT2D eigenvalue weighted by Gasteiger charge is -2.10. The molecule has 7 nitrogen and oxygen atoms in total. The van der Waals surface area contributed by atoms with Crippen molar-refractivity contribution in [3.8, 4) is 0 Å². The summed E-state index contributed by atoms with van der Waals surface area (Å²) in [4.78, 5) is 21.0. The molecule has 4 aromatic rings. The Morgan fingerprint density at radius 3 is 2.56 bits per heavy atom. The third-order valence-corrected chi connectivity index (χ3v) is 5.33. The van der Waals surface area contributed by atoms with Crippen LogP contribution in [-0.4, -0.2) is 25.6 Å². The summed E-state index contributed by atoms with van der Waals surface area (Å²) in [5.41, 5.74) is 4.25. The number of nitrogens with one attached hydrogen (secondary N) is 1. The molecule has 0 atom stereocenters. The van der Waals surface area contributed by atoms with Gasteiger partial charge in [-0.25, -0.2) is 4.98 Å². The lowest BCUT2D eigenvalue weighted by Crippen LogP contribution is -2.22. The van der Waals surface area contributed by atoms with E-state index in [0.717, 1.165) is 23.1 Å². The highest BCUT2D eigenvalue weighted by Crippen LogP contribution is 2.19. The maximum atomic E-state index is 12.2. The van der Waals surface area contributed by atoms with E-state index in [1.165, 1.54) is 5.56 Å². The van der Waals surface area contributed by atoms with E-state index in [4.69, 9.17) is 4.52 Å². The molecule has 0 unspecified atom stereocenters. The molecule has 0 aliphatic rings. The van der Waals surface area contributed by atoms with Gasteiger partial charge in [-0.05, 0) is 29.7 Å². The average molecular weight is 432 g/mol. The zero-order valence-electron chi connectivity index (χ0n) is 18.8. The van der Waals surface area contributed by atoms with E-state index in [2.05, 4.69) is 55.3 Å². The van der Waals surface area contributed by atoms with Crippen molar-refractivity contribution >= 4 is 16.9 Å². The number of hydrogen-bond donors (Lipinski definition) is 1. The van der Waals surface area contributed by atoms with Crippen molar-refractivity contribution in [3.05, 3.63) is 77.7 Å². The Balaban J connectivity index is 1.22. The number of nitrogens with zero attached hydrogens (tertiary/aromatic N) is 4. The SMILES string of the molecule is CC(C)(C)c1noc(CCCC(=O)NCc2ccc(Cn3cnc4ccccc43)cc2)n1. The number of imidazole rings is 1. The Morgan fingerprint density at radius 2 is 1.81 bits per heavy atom. The summed E-state index contributed by atoms with van der Waals surface area (Å²) in [7, 11) is 0. The van der Waals surface area contributed by atoms with Crippen LogP contribution in [0.25, 0.3) is 11.0 Å². The third-order valence-electron chi connectivity index (χ3n) is 5.33. The van der Waals surface area contributed by atoms with Crippen LogP contribution >= 0.6 is 0 Å². The first-order chi connectivity index (χ1) is 15.4. The van der Waals surface area contributed by atoms with Crippen molar-refractivity contribution < 1.29 is 9.32 Å². The lowest BCUT2D eigenvalue weighted by molar-refractivity contribution is -0.121. The first-order valence-electron chi connectivity index (χ1n) is 11.0. The number of para-hydroxylation sites is 2. The van der Waals surface area contributed by atoms with Crippen LogP contribution in [0.5, 0.6) is 0 Å². The first-order valence-corrected chi connectivity index (χ1v) is 11.0. The number of benzene rings is 2. The summed E-state index contributed by atoms with van der Waals surface area (Å²) in [5, 5.41) is 7.00. The van der Waals surface area contributed by atoms with Gasteiger partial charge in [0.25, 0.3) is 0 Å². The quantitative estimate of drug-likeness (QED) is 0.447. The predicted molar refractivity (Wildman–Crippen MR) is 123 cm³/mol. The van der Waals surface area contributed by atoms with Crippen molar-refractivity contribution in [2.24, 2.45) is 0 Å². The molecule has 7 heteroatoms. The van der Waals surface area contributed by atoms with Crippen LogP contribution in [0.1, 0.15) is 56.5 Å². The van der Waals surface area contributed by atoms with Crippen molar-refractivity contribution in [1.29, 1.82) is 0 Å². The number of hydrogen-bond acceptors (Lipinski definition) is 5. The van der Waals surface area contributed by atoms with Crippen molar-refractivity contribution in [2.75, 3.05) is 0 Å². The summed E-state index contributed by atoms with van der Waals surface area (Å²) in [5.74, 6) is 1.31. The number of aryl methyl sites for hydroxylation is 1. The van der Waals surface area contributed by atoms with Crippen molar-refractivity contribution in [1.82, 2.24) is 25.0 Å². The van der Waals surface area contributed by atoms with Gasteiger partial charge in [0.1, 0.15) is 0 Å². The number of rotatable bonds is 8. The van der Waals surface area contributed by atoms with E-state index < -0.39 is 0 Å². The summed E-state index contributed by atoms with van der Waals surface area (Å²) in [6, 6.07) is 16.4. The normalized spacial score (nSPS) is 11.7. The second kappa shape index (κ2) is 9.34. The zero-order chi connectivity index (χ0) is 22.6. The molecule has 0 fully saturated rings. The summed E-state index contributed by atoms with van der Waals surface area (Å²) < 4.78 is 7.41. The molecule has 0 saturated carbocycles. The van der Waals surface area contributed by atoms with E-state index in [0.29, 0.717) is 37.5 Å². The highest BCUT2D eigenvalue weighted by Gasteiger charge is 2.20. The van der Waals surface area contributed by atoms with Crippen molar-refractivity contribution in [2.45, 2.75) is 58.5 Å².